The van der Waals surface area contributed by atoms with Gasteiger partial charge in [0.1, 0.15) is 5.60 Å². The summed E-state index contributed by atoms with van der Waals surface area (Å²) in [5.41, 5.74) is 4.96. The van der Waals surface area contributed by atoms with Gasteiger partial charge in [0.15, 0.2) is 0 Å². The number of methoxy groups -OCH3 is 1. The fraction of sp³-hybridized carbons (Fsp3) is 0.889. The van der Waals surface area contributed by atoms with E-state index in [1.165, 1.54) is 0 Å². The Labute approximate surface area is 79.1 Å². The molecule has 1 rings (SSSR count). The van der Waals surface area contributed by atoms with Gasteiger partial charge in [-0.2, -0.15) is 0 Å². The summed E-state index contributed by atoms with van der Waals surface area (Å²) < 4.78 is 10.8. The Morgan fingerprint density at radius 2 is 2.31 bits per heavy atom. The quantitative estimate of drug-likeness (QED) is 0.712. The van der Waals surface area contributed by atoms with Crippen LogP contribution in [0.25, 0.3) is 0 Å². The van der Waals surface area contributed by atoms with Crippen molar-refractivity contribution in [2.24, 2.45) is 10.7 Å². The van der Waals surface area contributed by atoms with Gasteiger partial charge in [-0.15, -0.1) is 0 Å². The fourth-order valence-corrected chi connectivity index (χ4v) is 1.63. The Morgan fingerprint density at radius 3 is 2.69 bits per heavy atom. The SMILES string of the molecule is COC(C)(C)CC1(C)CN=C(N)O1. The highest BCUT2D eigenvalue weighted by Gasteiger charge is 2.38. The lowest BCUT2D eigenvalue weighted by atomic mass is 9.91. The lowest BCUT2D eigenvalue weighted by Crippen LogP contribution is -2.40. The molecule has 0 radical (unpaired) electrons. The van der Waals surface area contributed by atoms with Crippen molar-refractivity contribution >= 4 is 6.02 Å². The van der Waals surface area contributed by atoms with Gasteiger partial charge in [-0.1, -0.05) is 0 Å². The maximum Gasteiger partial charge on any atom is 0.282 e. The van der Waals surface area contributed by atoms with E-state index < -0.39 is 0 Å². The highest BCUT2D eigenvalue weighted by atomic mass is 16.5. The molecule has 0 amide bonds. The lowest BCUT2D eigenvalue weighted by molar-refractivity contribution is -0.0417. The Morgan fingerprint density at radius 1 is 1.69 bits per heavy atom. The first-order valence-electron chi connectivity index (χ1n) is 4.41. The van der Waals surface area contributed by atoms with Gasteiger partial charge in [-0.05, 0) is 20.8 Å². The van der Waals surface area contributed by atoms with E-state index in [9.17, 15) is 0 Å². The minimum absolute atomic E-state index is 0.200. The van der Waals surface area contributed by atoms with E-state index in [2.05, 4.69) is 4.99 Å². The fourth-order valence-electron chi connectivity index (χ4n) is 1.63. The smallest absolute Gasteiger partial charge is 0.282 e. The van der Waals surface area contributed by atoms with Gasteiger partial charge in [0, 0.05) is 13.5 Å². The molecular formula is C9H18N2O2. The molecule has 13 heavy (non-hydrogen) atoms. The Bertz CT molecular complexity index is 226. The first kappa shape index (κ1) is 10.3. The van der Waals surface area contributed by atoms with Crippen LogP contribution in [0, 0.1) is 0 Å². The summed E-state index contributed by atoms with van der Waals surface area (Å²) in [6.07, 6.45) is 0.778. The monoisotopic (exact) mass is 186 g/mol. The van der Waals surface area contributed by atoms with Crippen LogP contribution >= 0.6 is 0 Å². The van der Waals surface area contributed by atoms with Gasteiger partial charge in [0.05, 0.1) is 12.1 Å². The van der Waals surface area contributed by atoms with E-state index in [0.29, 0.717) is 6.54 Å². The van der Waals surface area contributed by atoms with Crippen LogP contribution in [-0.4, -0.2) is 30.9 Å². The minimum atomic E-state index is -0.302. The third kappa shape index (κ3) is 2.59. The van der Waals surface area contributed by atoms with Crippen LogP contribution < -0.4 is 5.73 Å². The molecule has 1 aliphatic rings. The zero-order valence-electron chi connectivity index (χ0n) is 8.76. The third-order valence-corrected chi connectivity index (χ3v) is 2.27. The molecule has 0 aromatic heterocycles. The third-order valence-electron chi connectivity index (χ3n) is 2.27. The molecule has 4 heteroatoms. The first-order chi connectivity index (χ1) is 5.87. The second-order valence-corrected chi connectivity index (χ2v) is 4.35. The van der Waals surface area contributed by atoms with Crippen LogP contribution in [0.4, 0.5) is 0 Å². The standard InChI is InChI=1S/C9H18N2O2/c1-8(2,12-4)5-9(3)6-11-7(10)13-9/h5-6H2,1-4H3,(H2,10,11). The van der Waals surface area contributed by atoms with Gasteiger partial charge in [0.2, 0.25) is 0 Å². The number of hydrogen-bond donors (Lipinski definition) is 1. The predicted molar refractivity (Wildman–Crippen MR) is 51.7 cm³/mol. The second-order valence-electron chi connectivity index (χ2n) is 4.35. The van der Waals surface area contributed by atoms with Crippen LogP contribution in [0.3, 0.4) is 0 Å². The summed E-state index contributed by atoms with van der Waals surface area (Å²) in [6, 6.07) is 0.286. The van der Waals surface area contributed by atoms with E-state index in [4.69, 9.17) is 15.2 Å². The van der Waals surface area contributed by atoms with E-state index >= 15 is 0 Å². The molecule has 0 bridgehead atoms. The molecular weight excluding hydrogens is 168 g/mol. The largest absolute Gasteiger partial charge is 0.457 e. The molecule has 0 fully saturated rings. The lowest BCUT2D eigenvalue weighted by Gasteiger charge is -2.32. The molecule has 0 saturated heterocycles. The summed E-state index contributed by atoms with van der Waals surface area (Å²) in [6.45, 7) is 6.66. The molecule has 0 aromatic rings. The predicted octanol–water partition coefficient (Wildman–Crippen LogP) is 0.905. The Kier molecular flexibility index (Phi) is 2.52. The Hall–Kier alpha value is -0.770. The molecule has 1 aliphatic heterocycles. The van der Waals surface area contributed by atoms with Gasteiger partial charge in [-0.3, -0.25) is 0 Å². The van der Waals surface area contributed by atoms with E-state index in [0.717, 1.165) is 6.42 Å². The number of nitrogens with zero attached hydrogens (tertiary/aromatic N) is 1. The Balaban J connectivity index is 2.55. The van der Waals surface area contributed by atoms with Crippen molar-refractivity contribution in [3.8, 4) is 0 Å². The van der Waals surface area contributed by atoms with Crippen molar-refractivity contribution in [3.05, 3.63) is 0 Å². The van der Waals surface area contributed by atoms with Crippen LogP contribution in [0.15, 0.2) is 4.99 Å². The van der Waals surface area contributed by atoms with Gasteiger partial charge >= 0.3 is 0 Å². The average molecular weight is 186 g/mol. The topological polar surface area (TPSA) is 56.8 Å². The highest BCUT2D eigenvalue weighted by molar-refractivity contribution is 5.73. The van der Waals surface area contributed by atoms with Crippen LogP contribution in [-0.2, 0) is 9.47 Å². The first-order valence-corrected chi connectivity index (χ1v) is 4.41. The molecule has 76 valence electrons. The summed E-state index contributed by atoms with van der Waals surface area (Å²) >= 11 is 0. The highest BCUT2D eigenvalue weighted by Crippen LogP contribution is 2.29. The zero-order chi connectivity index (χ0) is 10.1. The van der Waals surface area contributed by atoms with E-state index in [-0.39, 0.29) is 17.2 Å². The van der Waals surface area contributed by atoms with Crippen molar-refractivity contribution < 1.29 is 9.47 Å². The molecule has 2 N–H and O–H groups in total. The maximum atomic E-state index is 5.46. The molecule has 0 aliphatic carbocycles. The summed E-state index contributed by atoms with van der Waals surface area (Å²) in [5.74, 6) is 0. The van der Waals surface area contributed by atoms with Gasteiger partial charge in [0.25, 0.3) is 6.02 Å². The minimum Gasteiger partial charge on any atom is -0.457 e. The number of amidine groups is 1. The van der Waals surface area contributed by atoms with Crippen molar-refractivity contribution in [2.75, 3.05) is 13.7 Å². The van der Waals surface area contributed by atoms with Crippen LogP contribution in [0.1, 0.15) is 27.2 Å². The van der Waals surface area contributed by atoms with Gasteiger partial charge < -0.3 is 15.2 Å². The van der Waals surface area contributed by atoms with E-state index in [1.54, 1.807) is 7.11 Å². The number of nitrogens with two attached hydrogens (primary N) is 1. The zero-order valence-corrected chi connectivity index (χ0v) is 8.76. The molecule has 1 heterocycles. The van der Waals surface area contributed by atoms with Crippen molar-refractivity contribution in [1.29, 1.82) is 0 Å². The van der Waals surface area contributed by atoms with Crippen molar-refractivity contribution in [1.82, 2.24) is 0 Å². The number of rotatable bonds is 3. The molecule has 4 nitrogen and oxygen atoms in total. The van der Waals surface area contributed by atoms with Crippen molar-refractivity contribution in [3.63, 3.8) is 0 Å². The normalized spacial score (nSPS) is 28.5. The molecule has 0 aromatic carbocycles. The summed E-state index contributed by atoms with van der Waals surface area (Å²) in [5, 5.41) is 0. The molecule has 1 atom stereocenters. The number of hydrogen-bond acceptors (Lipinski definition) is 4. The summed E-state index contributed by atoms with van der Waals surface area (Å²) in [4.78, 5) is 4.02. The van der Waals surface area contributed by atoms with Crippen molar-refractivity contribution in [2.45, 2.75) is 38.4 Å². The summed E-state index contributed by atoms with van der Waals surface area (Å²) in [7, 11) is 1.70. The van der Waals surface area contributed by atoms with Crippen LogP contribution in [0.5, 0.6) is 0 Å². The molecule has 0 saturated carbocycles. The van der Waals surface area contributed by atoms with E-state index in [1.807, 2.05) is 20.8 Å². The number of ether oxygens (including phenoxy) is 2. The number of aliphatic imine (C=N–C) groups is 1. The van der Waals surface area contributed by atoms with Crippen LogP contribution in [0.2, 0.25) is 0 Å². The second kappa shape index (κ2) is 3.18. The molecule has 0 spiro atoms. The average Bonchev–Trinajstić information content (AvgIpc) is 2.30. The van der Waals surface area contributed by atoms with Gasteiger partial charge in [-0.25, -0.2) is 4.99 Å². The molecule has 1 unspecified atom stereocenters. The maximum absolute atomic E-state index is 5.46.